The number of amides is 2. The molecule has 37 heavy (non-hydrogen) atoms. The SMILES string of the molecule is COc1ccc(C2=NN(C(=O)CN3CCC(C(N)=O)CC3)C(c3ccc(OC)cc3OC)C2)c(OC)c1. The summed E-state index contributed by atoms with van der Waals surface area (Å²) in [5.74, 6) is 2.00. The van der Waals surface area contributed by atoms with Gasteiger partial charge in [-0.15, -0.1) is 0 Å². The quantitative estimate of drug-likeness (QED) is 0.551. The number of methoxy groups -OCH3 is 4. The number of hydrogen-bond acceptors (Lipinski definition) is 8. The Hall–Kier alpha value is -3.79. The summed E-state index contributed by atoms with van der Waals surface area (Å²) < 4.78 is 22.0. The molecule has 1 unspecified atom stereocenters. The summed E-state index contributed by atoms with van der Waals surface area (Å²) in [6.07, 6.45) is 1.77. The fourth-order valence-corrected chi connectivity index (χ4v) is 4.92. The number of rotatable bonds is 9. The van der Waals surface area contributed by atoms with Crippen LogP contribution in [0.1, 0.15) is 36.4 Å². The number of primary amides is 1. The lowest BCUT2D eigenvalue weighted by Crippen LogP contribution is -2.44. The third kappa shape index (κ3) is 5.64. The molecular weight excluding hydrogens is 476 g/mol. The number of likely N-dealkylation sites (tertiary alicyclic amines) is 1. The maximum absolute atomic E-state index is 13.6. The Balaban J connectivity index is 1.65. The first-order valence-electron chi connectivity index (χ1n) is 12.2. The van der Waals surface area contributed by atoms with E-state index >= 15 is 0 Å². The molecule has 0 aliphatic carbocycles. The van der Waals surface area contributed by atoms with E-state index in [0.29, 0.717) is 55.4 Å². The van der Waals surface area contributed by atoms with Crippen LogP contribution in [0.2, 0.25) is 0 Å². The van der Waals surface area contributed by atoms with Gasteiger partial charge in [0.1, 0.15) is 23.0 Å². The van der Waals surface area contributed by atoms with E-state index in [-0.39, 0.29) is 30.3 Å². The van der Waals surface area contributed by atoms with E-state index < -0.39 is 0 Å². The first-order valence-corrected chi connectivity index (χ1v) is 12.2. The average Bonchev–Trinajstić information content (AvgIpc) is 3.37. The van der Waals surface area contributed by atoms with Crippen molar-refractivity contribution < 1.29 is 28.5 Å². The highest BCUT2D eigenvalue weighted by Crippen LogP contribution is 2.40. The molecule has 4 rings (SSSR count). The molecule has 2 aliphatic rings. The second-order valence-electron chi connectivity index (χ2n) is 9.13. The summed E-state index contributed by atoms with van der Waals surface area (Å²) in [6.45, 7) is 1.45. The molecule has 2 aliphatic heterocycles. The van der Waals surface area contributed by atoms with E-state index in [1.54, 1.807) is 45.6 Å². The summed E-state index contributed by atoms with van der Waals surface area (Å²) in [5.41, 5.74) is 7.81. The number of hydrazone groups is 1. The summed E-state index contributed by atoms with van der Waals surface area (Å²) >= 11 is 0. The highest BCUT2D eigenvalue weighted by molar-refractivity contribution is 6.05. The Morgan fingerprint density at radius 2 is 1.54 bits per heavy atom. The molecule has 2 N–H and O–H groups in total. The number of hydrogen-bond donors (Lipinski definition) is 1. The predicted molar refractivity (Wildman–Crippen MR) is 138 cm³/mol. The van der Waals surface area contributed by atoms with Gasteiger partial charge in [0, 0.05) is 35.6 Å². The van der Waals surface area contributed by atoms with Crippen molar-refractivity contribution in [3.63, 3.8) is 0 Å². The smallest absolute Gasteiger partial charge is 0.257 e. The van der Waals surface area contributed by atoms with Crippen LogP contribution in [-0.2, 0) is 9.59 Å². The molecule has 10 nitrogen and oxygen atoms in total. The van der Waals surface area contributed by atoms with Crippen LogP contribution < -0.4 is 24.7 Å². The Kier molecular flexibility index (Phi) is 8.17. The number of ether oxygens (including phenoxy) is 4. The Labute approximate surface area is 216 Å². The molecule has 0 aromatic heterocycles. The number of carbonyl (C=O) groups excluding carboxylic acids is 2. The van der Waals surface area contributed by atoms with E-state index in [2.05, 4.69) is 0 Å². The molecule has 1 saturated heterocycles. The van der Waals surface area contributed by atoms with Crippen molar-refractivity contribution in [2.45, 2.75) is 25.3 Å². The lowest BCUT2D eigenvalue weighted by molar-refractivity contribution is -0.134. The molecule has 198 valence electrons. The summed E-state index contributed by atoms with van der Waals surface area (Å²) in [5, 5.41) is 6.34. The van der Waals surface area contributed by atoms with E-state index in [0.717, 1.165) is 16.8 Å². The molecule has 0 radical (unpaired) electrons. The van der Waals surface area contributed by atoms with Crippen molar-refractivity contribution in [1.82, 2.24) is 9.91 Å². The zero-order valence-corrected chi connectivity index (χ0v) is 21.7. The average molecular weight is 511 g/mol. The summed E-state index contributed by atoms with van der Waals surface area (Å²) in [6, 6.07) is 10.7. The minimum absolute atomic E-state index is 0.136. The molecule has 0 saturated carbocycles. The van der Waals surface area contributed by atoms with Crippen LogP contribution in [0.25, 0.3) is 0 Å². The predicted octanol–water partition coefficient (Wildman–Crippen LogP) is 2.60. The Morgan fingerprint density at radius 1 is 0.919 bits per heavy atom. The normalized spacial score (nSPS) is 18.3. The highest BCUT2D eigenvalue weighted by atomic mass is 16.5. The van der Waals surface area contributed by atoms with Crippen LogP contribution in [0.3, 0.4) is 0 Å². The second-order valence-corrected chi connectivity index (χ2v) is 9.13. The number of benzene rings is 2. The minimum Gasteiger partial charge on any atom is -0.497 e. The van der Waals surface area contributed by atoms with Crippen molar-refractivity contribution >= 4 is 17.5 Å². The number of piperidine rings is 1. The van der Waals surface area contributed by atoms with Gasteiger partial charge in [0.05, 0.1) is 46.7 Å². The lowest BCUT2D eigenvalue weighted by Gasteiger charge is -2.31. The number of nitrogens with two attached hydrogens (primary N) is 1. The first kappa shape index (κ1) is 26.3. The van der Waals surface area contributed by atoms with Gasteiger partial charge in [0.2, 0.25) is 5.91 Å². The van der Waals surface area contributed by atoms with Gasteiger partial charge in [0.25, 0.3) is 5.91 Å². The van der Waals surface area contributed by atoms with Crippen LogP contribution in [-0.4, -0.2) is 75.5 Å². The van der Waals surface area contributed by atoms with Gasteiger partial charge in [-0.2, -0.15) is 5.10 Å². The zero-order chi connectivity index (χ0) is 26.5. The van der Waals surface area contributed by atoms with Gasteiger partial charge in [-0.05, 0) is 50.2 Å². The monoisotopic (exact) mass is 510 g/mol. The van der Waals surface area contributed by atoms with Gasteiger partial charge in [-0.3, -0.25) is 14.5 Å². The van der Waals surface area contributed by atoms with Crippen LogP contribution >= 0.6 is 0 Å². The van der Waals surface area contributed by atoms with Gasteiger partial charge in [-0.25, -0.2) is 5.01 Å². The van der Waals surface area contributed by atoms with Crippen LogP contribution in [0.5, 0.6) is 23.0 Å². The molecule has 2 heterocycles. The van der Waals surface area contributed by atoms with Crippen molar-refractivity contribution in [3.05, 3.63) is 47.5 Å². The van der Waals surface area contributed by atoms with Gasteiger partial charge >= 0.3 is 0 Å². The third-order valence-corrected chi connectivity index (χ3v) is 7.03. The van der Waals surface area contributed by atoms with E-state index in [9.17, 15) is 9.59 Å². The third-order valence-electron chi connectivity index (χ3n) is 7.03. The fraction of sp³-hybridized carbons (Fsp3) is 0.444. The molecule has 10 heteroatoms. The Bertz CT molecular complexity index is 1180. The van der Waals surface area contributed by atoms with Gasteiger partial charge in [-0.1, -0.05) is 0 Å². The summed E-state index contributed by atoms with van der Waals surface area (Å²) in [7, 11) is 6.38. The van der Waals surface area contributed by atoms with Crippen molar-refractivity contribution in [1.29, 1.82) is 0 Å². The van der Waals surface area contributed by atoms with Gasteiger partial charge < -0.3 is 24.7 Å². The van der Waals surface area contributed by atoms with E-state index in [1.807, 2.05) is 29.2 Å². The molecule has 2 aromatic carbocycles. The molecule has 0 spiro atoms. The zero-order valence-electron chi connectivity index (χ0n) is 21.7. The maximum Gasteiger partial charge on any atom is 0.257 e. The highest BCUT2D eigenvalue weighted by Gasteiger charge is 2.37. The molecular formula is C27H34N4O6. The molecule has 2 amide bonds. The standard InChI is InChI=1S/C27H34N4O6/c1-34-18-5-7-20(24(13-18)36-3)22-15-23(21-8-6-19(35-2)14-25(21)37-4)31(29-22)26(32)16-30-11-9-17(10-12-30)27(28)33/h5-8,13-14,17,23H,9-12,15-16H2,1-4H3,(H2,28,33). The number of nitrogens with zero attached hydrogens (tertiary/aromatic N) is 3. The van der Waals surface area contributed by atoms with Crippen molar-refractivity contribution in [2.24, 2.45) is 16.8 Å². The van der Waals surface area contributed by atoms with E-state index in [4.69, 9.17) is 29.8 Å². The topological polar surface area (TPSA) is 116 Å². The van der Waals surface area contributed by atoms with Crippen molar-refractivity contribution in [2.75, 3.05) is 48.1 Å². The lowest BCUT2D eigenvalue weighted by atomic mass is 9.96. The first-order chi connectivity index (χ1) is 17.9. The van der Waals surface area contributed by atoms with Crippen LogP contribution in [0.4, 0.5) is 0 Å². The molecule has 0 bridgehead atoms. The fourth-order valence-electron chi connectivity index (χ4n) is 4.92. The number of carbonyl (C=O) groups is 2. The maximum atomic E-state index is 13.6. The van der Waals surface area contributed by atoms with Gasteiger partial charge in [0.15, 0.2) is 0 Å². The van der Waals surface area contributed by atoms with Crippen molar-refractivity contribution in [3.8, 4) is 23.0 Å². The second kappa shape index (κ2) is 11.5. The molecule has 1 fully saturated rings. The Morgan fingerprint density at radius 3 is 2.14 bits per heavy atom. The minimum atomic E-state index is -0.377. The van der Waals surface area contributed by atoms with Crippen LogP contribution in [0.15, 0.2) is 41.5 Å². The largest absolute Gasteiger partial charge is 0.497 e. The molecule has 1 atom stereocenters. The van der Waals surface area contributed by atoms with Crippen LogP contribution in [0, 0.1) is 5.92 Å². The molecule has 2 aromatic rings. The summed E-state index contributed by atoms with van der Waals surface area (Å²) in [4.78, 5) is 27.2. The van der Waals surface area contributed by atoms with E-state index in [1.165, 1.54) is 0 Å².